The number of ether oxygens (including phenoxy) is 1. The van der Waals surface area contributed by atoms with E-state index in [9.17, 15) is 29.0 Å². The van der Waals surface area contributed by atoms with E-state index in [0.29, 0.717) is 0 Å². The number of nitrogen functional groups attached to an aromatic ring is 1. The number of H-pyrrole nitrogens is 1. The lowest BCUT2D eigenvalue weighted by Gasteiger charge is -2.18. The van der Waals surface area contributed by atoms with Gasteiger partial charge in [0, 0.05) is 0 Å². The summed E-state index contributed by atoms with van der Waals surface area (Å²) in [5, 5.41) is 20.3. The number of aromatic amines is 1. The van der Waals surface area contributed by atoms with Crippen LogP contribution in [0.15, 0.2) is 11.1 Å². The number of nitrogens with zero attached hydrogens (tertiary/aromatic N) is 3. The fourth-order valence-electron chi connectivity index (χ4n) is 2.60. The number of aliphatic hydroxyl groups excluding tert-OH is 2. The fraction of sp³-hybridized carbons (Fsp3) is 0.500. The molecule has 2 aromatic heterocycles. The average molecular weight is 443 g/mol. The van der Waals surface area contributed by atoms with Gasteiger partial charge in [-0.1, -0.05) is 0 Å². The van der Waals surface area contributed by atoms with Gasteiger partial charge < -0.3 is 40.3 Å². The molecule has 0 radical (unpaired) electrons. The summed E-state index contributed by atoms with van der Waals surface area (Å²) in [5.74, 6) is -0.155. The van der Waals surface area contributed by atoms with Gasteiger partial charge in [0.15, 0.2) is 17.7 Å². The molecular formula is C10H15N5O11P2. The largest absolute Gasteiger partial charge is 0.481 e. The van der Waals surface area contributed by atoms with E-state index in [1.54, 1.807) is 0 Å². The monoisotopic (exact) mass is 443 g/mol. The second kappa shape index (κ2) is 7.27. The van der Waals surface area contributed by atoms with Crippen molar-refractivity contribution in [3.8, 4) is 0 Å². The molecule has 2 aromatic rings. The molecule has 16 nitrogen and oxygen atoms in total. The molecule has 0 aliphatic carbocycles. The van der Waals surface area contributed by atoms with Crippen LogP contribution >= 0.6 is 15.6 Å². The Morgan fingerprint density at radius 3 is 2.61 bits per heavy atom. The molecule has 1 aliphatic rings. The topological polar surface area (TPSA) is 253 Å². The predicted molar refractivity (Wildman–Crippen MR) is 87.4 cm³/mol. The van der Waals surface area contributed by atoms with Crippen LogP contribution in [0.3, 0.4) is 0 Å². The highest BCUT2D eigenvalue weighted by molar-refractivity contribution is 7.60. The summed E-state index contributed by atoms with van der Waals surface area (Å²) in [4.78, 5) is 48.6. The van der Waals surface area contributed by atoms with Gasteiger partial charge in [-0.05, 0) is 0 Å². The van der Waals surface area contributed by atoms with Crippen molar-refractivity contribution in [2.24, 2.45) is 0 Å². The maximum Gasteiger partial charge on any atom is 0.481 e. The van der Waals surface area contributed by atoms with Crippen LogP contribution in [0, 0.1) is 0 Å². The van der Waals surface area contributed by atoms with Gasteiger partial charge in [0.1, 0.15) is 23.8 Å². The third kappa shape index (κ3) is 4.16. The maximum atomic E-state index is 12.2. The minimum atomic E-state index is -5.34. The Labute approximate surface area is 154 Å². The van der Waals surface area contributed by atoms with E-state index < -0.39 is 52.5 Å². The smallest absolute Gasteiger partial charge is 0.387 e. The molecule has 0 aromatic carbocycles. The van der Waals surface area contributed by atoms with Gasteiger partial charge in [-0.3, -0.25) is 4.52 Å². The number of phosphoric ester groups is 1. The molecule has 1 saturated heterocycles. The Balaban J connectivity index is 1.82. The number of aliphatic hydroxyl groups is 2. The summed E-state index contributed by atoms with van der Waals surface area (Å²) in [5.41, 5.74) is 4.78. The molecule has 18 heteroatoms. The van der Waals surface area contributed by atoms with Gasteiger partial charge in [0.25, 0.3) is 0 Å². The molecule has 0 bridgehead atoms. The molecular weight excluding hydrogens is 428 g/mol. The molecule has 28 heavy (non-hydrogen) atoms. The maximum absolute atomic E-state index is 12.2. The van der Waals surface area contributed by atoms with E-state index in [-0.39, 0.29) is 17.0 Å². The van der Waals surface area contributed by atoms with Crippen LogP contribution < -0.4 is 11.4 Å². The van der Waals surface area contributed by atoms with Crippen molar-refractivity contribution >= 4 is 32.6 Å². The number of hydrogen-bond donors (Lipinski definition) is 7. The Kier molecular flexibility index (Phi) is 5.46. The minimum Gasteiger partial charge on any atom is -0.387 e. The number of nitrogens with two attached hydrogens (primary N) is 1. The summed E-state index contributed by atoms with van der Waals surface area (Å²) in [6.45, 7) is -0.913. The standard InChI is InChI=1S/C10H15N5O11P2/c11-7-4-8(13-2-12-4)15(10(18)14-7)9-6(17)5(16)3(25-9)1-24-28(22,23)26-27(19,20)21/h2-3,5-6,9,16-17H,1H2,(H,12,13)(H,22,23)(H2,11,14,18)(H2,19,20,21)/t3-,5-,6-,9-/m1/s1. The molecule has 3 rings (SSSR count). The summed E-state index contributed by atoms with van der Waals surface area (Å²) >= 11 is 0. The van der Waals surface area contributed by atoms with Crippen molar-refractivity contribution in [1.29, 1.82) is 0 Å². The van der Waals surface area contributed by atoms with Crippen molar-refractivity contribution in [3.63, 3.8) is 0 Å². The summed E-state index contributed by atoms with van der Waals surface area (Å²) in [6.07, 6.45) is -5.20. The number of fused-ring (bicyclic) bond motifs is 1. The van der Waals surface area contributed by atoms with Crippen molar-refractivity contribution < 1.29 is 47.6 Å². The van der Waals surface area contributed by atoms with E-state index >= 15 is 0 Å². The number of anilines is 1. The van der Waals surface area contributed by atoms with Gasteiger partial charge >= 0.3 is 21.3 Å². The minimum absolute atomic E-state index is 0.0343. The van der Waals surface area contributed by atoms with E-state index in [1.807, 2.05) is 0 Å². The average Bonchev–Trinajstić information content (AvgIpc) is 3.12. The second-order valence-corrected chi connectivity index (χ2v) is 8.46. The van der Waals surface area contributed by atoms with Gasteiger partial charge in [0.2, 0.25) is 0 Å². The predicted octanol–water partition coefficient (Wildman–Crippen LogP) is -2.45. The first-order valence-electron chi connectivity index (χ1n) is 7.36. The zero-order valence-corrected chi connectivity index (χ0v) is 15.4. The zero-order chi connectivity index (χ0) is 20.9. The lowest BCUT2D eigenvalue weighted by atomic mass is 10.1. The number of nitrogens with one attached hydrogen (secondary N) is 1. The van der Waals surface area contributed by atoms with Crippen LogP contribution in [0.1, 0.15) is 6.23 Å². The number of rotatable bonds is 6. The van der Waals surface area contributed by atoms with Crippen LogP contribution in [0.25, 0.3) is 11.2 Å². The molecule has 1 aliphatic heterocycles. The lowest BCUT2D eigenvalue weighted by Crippen LogP contribution is -2.36. The Morgan fingerprint density at radius 1 is 1.29 bits per heavy atom. The molecule has 1 unspecified atom stereocenters. The Morgan fingerprint density at radius 2 is 1.96 bits per heavy atom. The molecule has 0 amide bonds. The SMILES string of the molecule is Nc1nc(=O)n([C@@H]2O[C@H](COP(=O)(O)OP(=O)(O)O)[C@@H](O)[C@H]2O)c2nc[nH]c12. The molecule has 5 atom stereocenters. The number of hydrogen-bond acceptors (Lipinski definition) is 11. The summed E-state index contributed by atoms with van der Waals surface area (Å²) < 4.78 is 36.2. The van der Waals surface area contributed by atoms with Gasteiger partial charge in [-0.25, -0.2) is 23.5 Å². The molecule has 156 valence electrons. The molecule has 1 fully saturated rings. The zero-order valence-electron chi connectivity index (χ0n) is 13.6. The molecule has 3 heterocycles. The summed E-state index contributed by atoms with van der Waals surface area (Å²) in [7, 11) is -10.5. The highest BCUT2D eigenvalue weighted by Gasteiger charge is 2.46. The number of imidazole rings is 1. The molecule has 0 saturated carbocycles. The van der Waals surface area contributed by atoms with E-state index in [4.69, 9.17) is 20.3 Å². The van der Waals surface area contributed by atoms with E-state index in [0.717, 1.165) is 4.57 Å². The van der Waals surface area contributed by atoms with Gasteiger partial charge in [-0.2, -0.15) is 9.29 Å². The fourth-order valence-corrected chi connectivity index (χ4v) is 4.20. The van der Waals surface area contributed by atoms with Gasteiger partial charge in [0.05, 0.1) is 12.9 Å². The van der Waals surface area contributed by atoms with Crippen molar-refractivity contribution in [2.45, 2.75) is 24.5 Å². The molecule has 0 spiro atoms. The lowest BCUT2D eigenvalue weighted by molar-refractivity contribution is -0.0521. The number of phosphoric acid groups is 2. The van der Waals surface area contributed by atoms with E-state index in [1.165, 1.54) is 6.33 Å². The van der Waals surface area contributed by atoms with Gasteiger partial charge in [-0.15, -0.1) is 0 Å². The first-order chi connectivity index (χ1) is 12.9. The molecule has 8 N–H and O–H groups in total. The third-order valence-corrected chi connectivity index (χ3v) is 5.88. The Hall–Kier alpha value is -1.71. The van der Waals surface area contributed by atoms with Crippen molar-refractivity contribution in [3.05, 3.63) is 16.8 Å². The van der Waals surface area contributed by atoms with Crippen LogP contribution in [0.4, 0.5) is 5.82 Å². The number of aromatic nitrogens is 4. The highest BCUT2D eigenvalue weighted by atomic mass is 31.3. The third-order valence-electron chi connectivity index (χ3n) is 3.73. The summed E-state index contributed by atoms with van der Waals surface area (Å²) in [6, 6.07) is 0. The first kappa shape index (κ1) is 21.0. The first-order valence-corrected chi connectivity index (χ1v) is 10.4. The quantitative estimate of drug-likeness (QED) is 0.229. The Bertz CT molecular complexity index is 1030. The van der Waals surface area contributed by atoms with Crippen LogP contribution in [0.2, 0.25) is 0 Å². The van der Waals surface area contributed by atoms with E-state index in [2.05, 4.69) is 23.8 Å². The van der Waals surface area contributed by atoms with Crippen molar-refractivity contribution in [2.75, 3.05) is 12.3 Å². The highest BCUT2D eigenvalue weighted by Crippen LogP contribution is 2.57. The van der Waals surface area contributed by atoms with Crippen LogP contribution in [-0.4, -0.2) is 69.3 Å². The van der Waals surface area contributed by atoms with Crippen LogP contribution in [0.5, 0.6) is 0 Å². The van der Waals surface area contributed by atoms with Crippen LogP contribution in [-0.2, 0) is 22.7 Å². The van der Waals surface area contributed by atoms with Crippen molar-refractivity contribution in [1.82, 2.24) is 19.5 Å². The normalized spacial score (nSPS) is 27.9. The second-order valence-electron chi connectivity index (χ2n) is 5.63.